The largest absolute Gasteiger partial charge is 0.366 e. The molecule has 1 aromatic heterocycles. The molecule has 0 bridgehead atoms. The quantitative estimate of drug-likeness (QED) is 0.775. The van der Waals surface area contributed by atoms with Crippen LogP contribution >= 0.6 is 0 Å². The van der Waals surface area contributed by atoms with E-state index in [1.54, 1.807) is 0 Å². The average Bonchev–Trinajstić information content (AvgIpc) is 2.61. The highest BCUT2D eigenvalue weighted by atomic mass is 16.5. The fourth-order valence-electron chi connectivity index (χ4n) is 2.78. The van der Waals surface area contributed by atoms with E-state index in [1.165, 1.54) is 0 Å². The van der Waals surface area contributed by atoms with Gasteiger partial charge in [0, 0.05) is 52.0 Å². The van der Waals surface area contributed by atoms with E-state index < -0.39 is 0 Å². The summed E-state index contributed by atoms with van der Waals surface area (Å²) in [5.74, 6) is 0.938. The summed E-state index contributed by atoms with van der Waals surface area (Å²) in [6, 6.07) is 4.06. The SMILES string of the molecule is CN1CCN(c2ccc(CNC(=O)C3CNCCO3)cn2)CC1. The summed E-state index contributed by atoms with van der Waals surface area (Å²) in [7, 11) is 2.14. The molecule has 2 aliphatic rings. The van der Waals surface area contributed by atoms with Gasteiger partial charge in [0.05, 0.1) is 6.61 Å². The molecule has 0 aromatic carbocycles. The molecule has 1 aromatic rings. The van der Waals surface area contributed by atoms with Gasteiger partial charge in [-0.25, -0.2) is 4.98 Å². The summed E-state index contributed by atoms with van der Waals surface area (Å²) in [4.78, 5) is 21.2. The standard InChI is InChI=1S/C16H25N5O2/c1-20-5-7-21(8-6-20)15-3-2-13(10-18-15)11-19-16(22)14-12-17-4-9-23-14/h2-3,10,14,17H,4-9,11-12H2,1H3,(H,19,22). The van der Waals surface area contributed by atoms with Gasteiger partial charge in [0.2, 0.25) is 0 Å². The predicted molar refractivity (Wildman–Crippen MR) is 88.4 cm³/mol. The van der Waals surface area contributed by atoms with E-state index in [1.807, 2.05) is 18.3 Å². The van der Waals surface area contributed by atoms with Crippen LogP contribution in [0, 0.1) is 0 Å². The number of nitrogens with zero attached hydrogens (tertiary/aromatic N) is 3. The van der Waals surface area contributed by atoms with E-state index in [4.69, 9.17) is 4.74 Å². The third-order valence-electron chi connectivity index (χ3n) is 4.32. The fourth-order valence-corrected chi connectivity index (χ4v) is 2.78. The molecule has 126 valence electrons. The number of carbonyl (C=O) groups excluding carboxylic acids is 1. The third-order valence-corrected chi connectivity index (χ3v) is 4.32. The molecular weight excluding hydrogens is 294 g/mol. The van der Waals surface area contributed by atoms with Crippen LogP contribution in [0.15, 0.2) is 18.3 Å². The summed E-state index contributed by atoms with van der Waals surface area (Å²) in [6.45, 7) is 6.59. The van der Waals surface area contributed by atoms with Crippen molar-refractivity contribution < 1.29 is 9.53 Å². The molecule has 2 fully saturated rings. The Labute approximate surface area is 137 Å². The van der Waals surface area contributed by atoms with Crippen molar-refractivity contribution in [1.82, 2.24) is 20.5 Å². The molecule has 0 saturated carbocycles. The maximum Gasteiger partial charge on any atom is 0.250 e. The predicted octanol–water partition coefficient (Wildman–Crippen LogP) is -0.562. The highest BCUT2D eigenvalue weighted by molar-refractivity contribution is 5.81. The number of nitrogens with one attached hydrogen (secondary N) is 2. The number of rotatable bonds is 4. The minimum absolute atomic E-state index is 0.0691. The first kappa shape index (κ1) is 16.2. The molecule has 7 heteroatoms. The van der Waals surface area contributed by atoms with Crippen LogP contribution in [0.25, 0.3) is 0 Å². The number of hydrogen-bond acceptors (Lipinski definition) is 6. The van der Waals surface area contributed by atoms with Crippen molar-refractivity contribution in [3.05, 3.63) is 23.9 Å². The normalized spacial score (nSPS) is 22.8. The number of amides is 1. The molecule has 0 spiro atoms. The number of hydrogen-bond donors (Lipinski definition) is 2. The number of anilines is 1. The molecule has 0 aliphatic carbocycles. The molecule has 2 aliphatic heterocycles. The molecule has 3 heterocycles. The van der Waals surface area contributed by atoms with E-state index in [0.29, 0.717) is 19.7 Å². The van der Waals surface area contributed by atoms with Crippen LogP contribution < -0.4 is 15.5 Å². The summed E-state index contributed by atoms with van der Waals surface area (Å²) in [5, 5.41) is 6.06. The Morgan fingerprint density at radius 3 is 2.87 bits per heavy atom. The molecule has 0 radical (unpaired) electrons. The molecule has 23 heavy (non-hydrogen) atoms. The van der Waals surface area contributed by atoms with Crippen LogP contribution in [0.2, 0.25) is 0 Å². The van der Waals surface area contributed by atoms with E-state index >= 15 is 0 Å². The minimum atomic E-state index is -0.388. The average molecular weight is 319 g/mol. The lowest BCUT2D eigenvalue weighted by molar-refractivity contribution is -0.134. The van der Waals surface area contributed by atoms with Crippen LogP contribution in [-0.2, 0) is 16.1 Å². The molecule has 7 nitrogen and oxygen atoms in total. The van der Waals surface area contributed by atoms with Gasteiger partial charge in [-0.3, -0.25) is 4.79 Å². The van der Waals surface area contributed by atoms with Crippen LogP contribution in [-0.4, -0.2) is 74.8 Å². The van der Waals surface area contributed by atoms with Crippen molar-refractivity contribution in [3.8, 4) is 0 Å². The maximum absolute atomic E-state index is 12.0. The Hall–Kier alpha value is -1.70. The molecule has 2 N–H and O–H groups in total. The fraction of sp³-hybridized carbons (Fsp3) is 0.625. The van der Waals surface area contributed by atoms with Gasteiger partial charge in [-0.15, -0.1) is 0 Å². The number of pyridine rings is 1. The van der Waals surface area contributed by atoms with E-state index in [0.717, 1.165) is 44.1 Å². The van der Waals surface area contributed by atoms with Gasteiger partial charge in [-0.2, -0.15) is 0 Å². The van der Waals surface area contributed by atoms with Gasteiger partial charge in [-0.1, -0.05) is 6.07 Å². The molecule has 1 atom stereocenters. The van der Waals surface area contributed by atoms with Crippen molar-refractivity contribution in [1.29, 1.82) is 0 Å². The number of morpholine rings is 1. The molecule has 1 amide bonds. The van der Waals surface area contributed by atoms with Crippen molar-refractivity contribution in [2.24, 2.45) is 0 Å². The topological polar surface area (TPSA) is 69.7 Å². The van der Waals surface area contributed by atoms with Gasteiger partial charge in [0.25, 0.3) is 5.91 Å². The van der Waals surface area contributed by atoms with Crippen LogP contribution in [0.5, 0.6) is 0 Å². The summed E-state index contributed by atoms with van der Waals surface area (Å²) < 4.78 is 5.43. The van der Waals surface area contributed by atoms with E-state index in [9.17, 15) is 4.79 Å². The van der Waals surface area contributed by atoms with Gasteiger partial charge in [0.1, 0.15) is 11.9 Å². The van der Waals surface area contributed by atoms with Crippen molar-refractivity contribution in [2.45, 2.75) is 12.6 Å². The van der Waals surface area contributed by atoms with Crippen molar-refractivity contribution in [3.63, 3.8) is 0 Å². The number of carbonyl (C=O) groups is 1. The van der Waals surface area contributed by atoms with Crippen molar-refractivity contribution >= 4 is 11.7 Å². The monoisotopic (exact) mass is 319 g/mol. The van der Waals surface area contributed by atoms with Gasteiger partial charge in [-0.05, 0) is 18.7 Å². The lowest BCUT2D eigenvalue weighted by Gasteiger charge is -2.33. The third kappa shape index (κ3) is 4.40. The number of ether oxygens (including phenoxy) is 1. The van der Waals surface area contributed by atoms with Crippen LogP contribution in [0.1, 0.15) is 5.56 Å². The molecule has 1 unspecified atom stereocenters. The first-order valence-electron chi connectivity index (χ1n) is 8.21. The van der Waals surface area contributed by atoms with Gasteiger partial charge in [0.15, 0.2) is 0 Å². The Morgan fingerprint density at radius 2 is 2.22 bits per heavy atom. The first-order valence-corrected chi connectivity index (χ1v) is 8.21. The highest BCUT2D eigenvalue weighted by Crippen LogP contribution is 2.13. The lowest BCUT2D eigenvalue weighted by Crippen LogP contribution is -2.47. The Bertz CT molecular complexity index is 508. The van der Waals surface area contributed by atoms with Crippen molar-refractivity contribution in [2.75, 3.05) is 57.8 Å². The lowest BCUT2D eigenvalue weighted by atomic mass is 10.2. The summed E-state index contributed by atoms with van der Waals surface area (Å²) in [6.07, 6.45) is 1.45. The van der Waals surface area contributed by atoms with E-state index in [2.05, 4.69) is 32.5 Å². The van der Waals surface area contributed by atoms with Crippen LogP contribution in [0.3, 0.4) is 0 Å². The highest BCUT2D eigenvalue weighted by Gasteiger charge is 2.21. The number of aromatic nitrogens is 1. The molecule has 3 rings (SSSR count). The zero-order valence-electron chi connectivity index (χ0n) is 13.6. The van der Waals surface area contributed by atoms with Gasteiger partial charge >= 0.3 is 0 Å². The Balaban J connectivity index is 1.48. The van der Waals surface area contributed by atoms with Crippen LogP contribution in [0.4, 0.5) is 5.82 Å². The number of likely N-dealkylation sites (N-methyl/N-ethyl adjacent to an activating group) is 1. The maximum atomic E-state index is 12.0. The second kappa shape index (κ2) is 7.72. The zero-order valence-corrected chi connectivity index (χ0v) is 13.6. The second-order valence-electron chi connectivity index (χ2n) is 6.10. The van der Waals surface area contributed by atoms with E-state index in [-0.39, 0.29) is 12.0 Å². The summed E-state index contributed by atoms with van der Waals surface area (Å²) in [5.41, 5.74) is 1.000. The summed E-state index contributed by atoms with van der Waals surface area (Å²) >= 11 is 0. The Morgan fingerprint density at radius 1 is 1.39 bits per heavy atom. The molecular formula is C16H25N5O2. The molecule has 2 saturated heterocycles. The second-order valence-corrected chi connectivity index (χ2v) is 6.10. The first-order chi connectivity index (χ1) is 11.2. The number of piperazine rings is 1. The van der Waals surface area contributed by atoms with Gasteiger partial charge < -0.3 is 25.2 Å². The minimum Gasteiger partial charge on any atom is -0.366 e. The Kier molecular flexibility index (Phi) is 5.43. The smallest absolute Gasteiger partial charge is 0.250 e. The zero-order chi connectivity index (χ0) is 16.1.